The predicted molar refractivity (Wildman–Crippen MR) is 138 cm³/mol. The van der Waals surface area contributed by atoms with Crippen LogP contribution in [-0.2, 0) is 17.8 Å². The highest BCUT2D eigenvalue weighted by Crippen LogP contribution is 2.31. The summed E-state index contributed by atoms with van der Waals surface area (Å²) in [6.45, 7) is 3.91. The van der Waals surface area contributed by atoms with E-state index in [0.29, 0.717) is 29.4 Å². The molecule has 1 unspecified atom stereocenters. The van der Waals surface area contributed by atoms with Gasteiger partial charge in [0.1, 0.15) is 17.2 Å². The fourth-order valence-corrected chi connectivity index (χ4v) is 4.01. The third kappa shape index (κ3) is 7.01. The fraction of sp³-hybridized carbons (Fsp3) is 0.310. The minimum absolute atomic E-state index is 0.0565. The van der Waals surface area contributed by atoms with Gasteiger partial charge < -0.3 is 24.2 Å². The van der Waals surface area contributed by atoms with Gasteiger partial charge in [0.05, 0.1) is 14.2 Å². The number of amides is 1. The number of hydrogen-bond donors (Lipinski definition) is 1. The number of aryl methyl sites for hydroxylation is 1. The van der Waals surface area contributed by atoms with Crippen molar-refractivity contribution in [2.24, 2.45) is 0 Å². The normalized spacial score (nSPS) is 11.4. The van der Waals surface area contributed by atoms with Crippen LogP contribution in [0.3, 0.4) is 0 Å². The first-order chi connectivity index (χ1) is 17.3. The molecule has 3 aromatic rings. The van der Waals surface area contributed by atoms with Crippen molar-refractivity contribution in [3.05, 3.63) is 89.0 Å². The second kappa shape index (κ2) is 12.6. The van der Waals surface area contributed by atoms with E-state index in [1.54, 1.807) is 38.5 Å². The van der Waals surface area contributed by atoms with Crippen LogP contribution in [0.15, 0.2) is 66.7 Å². The third-order valence-electron chi connectivity index (χ3n) is 6.12. The van der Waals surface area contributed by atoms with E-state index in [9.17, 15) is 9.59 Å². The molecule has 1 N–H and O–H groups in total. The number of carbonyl (C=O) groups excluding carboxylic acids is 1. The van der Waals surface area contributed by atoms with Gasteiger partial charge in [-0.2, -0.15) is 0 Å². The van der Waals surface area contributed by atoms with Crippen molar-refractivity contribution in [1.82, 2.24) is 4.90 Å². The average Bonchev–Trinajstić information content (AvgIpc) is 2.90. The molecule has 0 aliphatic rings. The van der Waals surface area contributed by atoms with Gasteiger partial charge in [-0.05, 0) is 62.1 Å². The highest BCUT2D eigenvalue weighted by Gasteiger charge is 2.24. The summed E-state index contributed by atoms with van der Waals surface area (Å²) in [7, 11) is 3.15. The standard InChI is InChI=1S/C29H33NO6/c1-20(10-11-22-8-6-5-7-9-22)30(18-23-12-14-25(15-13-23)36-19-28(31)32)29(33)24-16-26(34-3)21(2)27(17-24)35-4/h5-9,12-17,20H,10-11,18-19H2,1-4H3,(H,31,32). The van der Waals surface area contributed by atoms with Crippen LogP contribution < -0.4 is 14.2 Å². The van der Waals surface area contributed by atoms with Gasteiger partial charge in [-0.1, -0.05) is 42.5 Å². The lowest BCUT2D eigenvalue weighted by atomic mass is 10.0. The largest absolute Gasteiger partial charge is 0.496 e. The molecule has 1 atom stereocenters. The second-order valence-electron chi connectivity index (χ2n) is 8.64. The van der Waals surface area contributed by atoms with E-state index in [4.69, 9.17) is 19.3 Å². The monoisotopic (exact) mass is 491 g/mol. The lowest BCUT2D eigenvalue weighted by molar-refractivity contribution is -0.139. The second-order valence-corrected chi connectivity index (χ2v) is 8.64. The molecule has 3 rings (SSSR count). The molecule has 0 aliphatic carbocycles. The molecule has 190 valence electrons. The van der Waals surface area contributed by atoms with Crippen molar-refractivity contribution in [2.75, 3.05) is 20.8 Å². The van der Waals surface area contributed by atoms with E-state index >= 15 is 0 Å². The fourth-order valence-electron chi connectivity index (χ4n) is 4.01. The van der Waals surface area contributed by atoms with E-state index in [1.807, 2.05) is 49.1 Å². The van der Waals surface area contributed by atoms with Gasteiger partial charge in [0.15, 0.2) is 6.61 Å². The number of nitrogens with zero attached hydrogens (tertiary/aromatic N) is 1. The summed E-state index contributed by atoms with van der Waals surface area (Å²) in [4.78, 5) is 26.4. The Labute approximate surface area is 212 Å². The Morgan fingerprint density at radius 1 is 0.917 bits per heavy atom. The van der Waals surface area contributed by atoms with E-state index in [1.165, 1.54) is 5.56 Å². The first-order valence-corrected chi connectivity index (χ1v) is 11.8. The lowest BCUT2D eigenvalue weighted by Gasteiger charge is -2.30. The highest BCUT2D eigenvalue weighted by atomic mass is 16.5. The van der Waals surface area contributed by atoms with Crippen LogP contribution in [0.2, 0.25) is 0 Å². The van der Waals surface area contributed by atoms with Crippen LogP contribution in [0.1, 0.15) is 40.4 Å². The maximum Gasteiger partial charge on any atom is 0.341 e. The Kier molecular flexibility index (Phi) is 9.33. The zero-order valence-corrected chi connectivity index (χ0v) is 21.2. The summed E-state index contributed by atoms with van der Waals surface area (Å²) < 4.78 is 16.2. The van der Waals surface area contributed by atoms with Crippen LogP contribution in [0, 0.1) is 6.92 Å². The molecule has 0 saturated heterocycles. The van der Waals surface area contributed by atoms with E-state index in [2.05, 4.69) is 12.1 Å². The zero-order valence-electron chi connectivity index (χ0n) is 21.2. The van der Waals surface area contributed by atoms with Crippen LogP contribution in [-0.4, -0.2) is 48.8 Å². The number of carbonyl (C=O) groups is 2. The van der Waals surface area contributed by atoms with Gasteiger partial charge >= 0.3 is 5.97 Å². The number of benzene rings is 3. The third-order valence-corrected chi connectivity index (χ3v) is 6.12. The number of hydrogen-bond acceptors (Lipinski definition) is 5. The molecule has 0 bridgehead atoms. The maximum absolute atomic E-state index is 13.8. The van der Waals surface area contributed by atoms with Gasteiger partial charge in [-0.3, -0.25) is 4.79 Å². The van der Waals surface area contributed by atoms with Gasteiger partial charge in [0.25, 0.3) is 5.91 Å². The molecule has 0 aliphatic heterocycles. The topological polar surface area (TPSA) is 85.3 Å². The first kappa shape index (κ1) is 26.6. The molecule has 7 nitrogen and oxygen atoms in total. The highest BCUT2D eigenvalue weighted by molar-refractivity contribution is 5.95. The van der Waals surface area contributed by atoms with E-state index in [-0.39, 0.29) is 11.9 Å². The maximum atomic E-state index is 13.8. The summed E-state index contributed by atoms with van der Waals surface area (Å²) in [6.07, 6.45) is 1.63. The summed E-state index contributed by atoms with van der Waals surface area (Å²) in [5.41, 5.74) is 3.44. The number of carboxylic acids is 1. The van der Waals surface area contributed by atoms with Crippen molar-refractivity contribution in [1.29, 1.82) is 0 Å². The summed E-state index contributed by atoms with van der Waals surface area (Å²) in [6, 6.07) is 20.8. The van der Waals surface area contributed by atoms with Gasteiger partial charge in [0.2, 0.25) is 0 Å². The van der Waals surface area contributed by atoms with Gasteiger partial charge in [-0.25, -0.2) is 4.79 Å². The van der Waals surface area contributed by atoms with E-state index < -0.39 is 12.6 Å². The number of ether oxygens (including phenoxy) is 3. The van der Waals surface area contributed by atoms with E-state index in [0.717, 1.165) is 24.0 Å². The molecule has 0 heterocycles. The molecule has 0 radical (unpaired) electrons. The number of aliphatic carboxylic acids is 1. The molecule has 1 amide bonds. The van der Waals surface area contributed by atoms with Crippen LogP contribution in [0.5, 0.6) is 17.2 Å². The Morgan fingerprint density at radius 3 is 2.08 bits per heavy atom. The lowest BCUT2D eigenvalue weighted by Crippen LogP contribution is -2.38. The number of rotatable bonds is 12. The summed E-state index contributed by atoms with van der Waals surface area (Å²) in [5, 5.41) is 8.82. The average molecular weight is 492 g/mol. The van der Waals surface area contributed by atoms with Crippen LogP contribution in [0.4, 0.5) is 0 Å². The summed E-state index contributed by atoms with van der Waals surface area (Å²) in [5.74, 6) is 0.485. The SMILES string of the molecule is COc1cc(C(=O)N(Cc2ccc(OCC(=O)O)cc2)C(C)CCc2ccccc2)cc(OC)c1C. The summed E-state index contributed by atoms with van der Waals surface area (Å²) >= 11 is 0. The molecule has 7 heteroatoms. The molecule has 36 heavy (non-hydrogen) atoms. The Morgan fingerprint density at radius 2 is 1.53 bits per heavy atom. The molecule has 0 aromatic heterocycles. The van der Waals surface area contributed by atoms with Gasteiger partial charge in [-0.15, -0.1) is 0 Å². The van der Waals surface area contributed by atoms with Crippen LogP contribution >= 0.6 is 0 Å². The Balaban J connectivity index is 1.86. The predicted octanol–water partition coefficient (Wildman–Crippen LogP) is 5.14. The quantitative estimate of drug-likeness (QED) is 0.378. The number of carboxylic acid groups (broad SMARTS) is 1. The van der Waals surface area contributed by atoms with Crippen molar-refractivity contribution >= 4 is 11.9 Å². The van der Waals surface area contributed by atoms with Crippen molar-refractivity contribution in [2.45, 2.75) is 39.3 Å². The molecule has 0 fully saturated rings. The number of methoxy groups -OCH3 is 2. The van der Waals surface area contributed by atoms with Gasteiger partial charge in [0, 0.05) is 23.7 Å². The van der Waals surface area contributed by atoms with Crippen molar-refractivity contribution in [3.63, 3.8) is 0 Å². The van der Waals surface area contributed by atoms with Crippen molar-refractivity contribution < 1.29 is 28.9 Å². The molecular weight excluding hydrogens is 458 g/mol. The Bertz CT molecular complexity index is 1140. The molecule has 0 spiro atoms. The minimum atomic E-state index is -1.04. The first-order valence-electron chi connectivity index (χ1n) is 11.8. The minimum Gasteiger partial charge on any atom is -0.496 e. The molecular formula is C29H33NO6. The van der Waals surface area contributed by atoms with Crippen molar-refractivity contribution in [3.8, 4) is 17.2 Å². The zero-order chi connectivity index (χ0) is 26.1. The smallest absolute Gasteiger partial charge is 0.341 e. The molecule has 3 aromatic carbocycles. The van der Waals surface area contributed by atoms with Crippen LogP contribution in [0.25, 0.3) is 0 Å². The Hall–Kier alpha value is -4.00. The molecule has 0 saturated carbocycles.